The Morgan fingerprint density at radius 2 is 2.00 bits per heavy atom. The Labute approximate surface area is 168 Å². The summed E-state index contributed by atoms with van der Waals surface area (Å²) in [5.74, 6) is -0.417. The molecule has 1 aliphatic heterocycles. The summed E-state index contributed by atoms with van der Waals surface area (Å²) in [4.78, 5) is 27.0. The van der Waals surface area contributed by atoms with Gasteiger partial charge in [-0.15, -0.1) is 0 Å². The largest absolute Gasteiger partial charge is 0.337 e. The molecule has 1 unspecified atom stereocenters. The van der Waals surface area contributed by atoms with Crippen LogP contribution in [0.15, 0.2) is 18.2 Å². The van der Waals surface area contributed by atoms with E-state index in [1.807, 2.05) is 4.90 Å². The van der Waals surface area contributed by atoms with E-state index in [-0.39, 0.29) is 18.4 Å². The highest BCUT2D eigenvalue weighted by molar-refractivity contribution is 6.35. The molecule has 0 radical (unpaired) electrons. The second kappa shape index (κ2) is 8.47. The van der Waals surface area contributed by atoms with Gasteiger partial charge in [0.15, 0.2) is 0 Å². The van der Waals surface area contributed by atoms with E-state index < -0.39 is 11.6 Å². The Morgan fingerprint density at radius 1 is 1.26 bits per heavy atom. The zero-order valence-corrected chi connectivity index (χ0v) is 16.4. The summed E-state index contributed by atoms with van der Waals surface area (Å²) in [6.45, 7) is 0.763. The maximum absolute atomic E-state index is 12.7. The first-order valence-corrected chi connectivity index (χ1v) is 9.90. The minimum absolute atomic E-state index is 0.102. The average molecular weight is 409 g/mol. The summed E-state index contributed by atoms with van der Waals surface area (Å²) in [6.07, 6.45) is 4.77. The van der Waals surface area contributed by atoms with Crippen molar-refractivity contribution >= 4 is 40.7 Å². The van der Waals surface area contributed by atoms with Gasteiger partial charge in [0, 0.05) is 5.02 Å². The monoisotopic (exact) mass is 408 g/mol. The summed E-state index contributed by atoms with van der Waals surface area (Å²) in [6, 6.07) is 6.73. The molecular weight excluding hydrogens is 387 g/mol. The number of hydrogen-bond acceptors (Lipinski definition) is 4. The van der Waals surface area contributed by atoms with Gasteiger partial charge in [-0.25, -0.2) is 0 Å². The zero-order valence-electron chi connectivity index (χ0n) is 14.9. The van der Waals surface area contributed by atoms with E-state index in [9.17, 15) is 14.9 Å². The van der Waals surface area contributed by atoms with Crippen LogP contribution in [0.2, 0.25) is 10.0 Å². The highest BCUT2D eigenvalue weighted by Gasteiger charge is 2.37. The van der Waals surface area contributed by atoms with Gasteiger partial charge in [0.2, 0.25) is 11.8 Å². The van der Waals surface area contributed by atoms with Crippen molar-refractivity contribution < 1.29 is 9.59 Å². The standard InChI is InChI=1S/C19H22Cl2N4O2/c20-13-5-6-14(21)15(10-13)23-18(27)16-4-3-9-25(16)11-17(26)24-19(12-22)7-1-2-8-19/h5-6,10,16H,1-4,7-9,11H2,(H,23,27)(H,24,26). The quantitative estimate of drug-likeness (QED) is 0.781. The lowest BCUT2D eigenvalue weighted by Gasteiger charge is -2.26. The number of anilines is 1. The van der Waals surface area contributed by atoms with Gasteiger partial charge in [0.25, 0.3) is 0 Å². The molecule has 1 aromatic rings. The number of carbonyl (C=O) groups is 2. The smallest absolute Gasteiger partial charge is 0.241 e. The van der Waals surface area contributed by atoms with Gasteiger partial charge >= 0.3 is 0 Å². The summed E-state index contributed by atoms with van der Waals surface area (Å²) < 4.78 is 0. The van der Waals surface area contributed by atoms with Crippen molar-refractivity contribution in [3.05, 3.63) is 28.2 Å². The minimum Gasteiger partial charge on any atom is -0.337 e. The molecule has 6 nitrogen and oxygen atoms in total. The van der Waals surface area contributed by atoms with Crippen molar-refractivity contribution in [2.45, 2.75) is 50.1 Å². The molecule has 2 aliphatic rings. The molecule has 1 aromatic carbocycles. The summed E-state index contributed by atoms with van der Waals surface area (Å²) in [5, 5.41) is 16.0. The Bertz CT molecular complexity index is 771. The molecule has 3 rings (SSSR count). The van der Waals surface area contributed by atoms with Crippen LogP contribution < -0.4 is 10.6 Å². The van der Waals surface area contributed by atoms with E-state index in [0.717, 1.165) is 19.3 Å². The molecule has 0 bridgehead atoms. The minimum atomic E-state index is -0.747. The molecule has 1 atom stereocenters. The van der Waals surface area contributed by atoms with Crippen molar-refractivity contribution in [1.29, 1.82) is 5.26 Å². The SMILES string of the molecule is N#CC1(NC(=O)CN2CCCC2C(=O)Nc2cc(Cl)ccc2Cl)CCCC1. The molecule has 0 spiro atoms. The maximum Gasteiger partial charge on any atom is 0.241 e. The normalized spacial score (nSPS) is 21.6. The predicted octanol–water partition coefficient (Wildman–Crippen LogP) is 3.35. The van der Waals surface area contributed by atoms with E-state index in [0.29, 0.717) is 41.5 Å². The molecule has 1 heterocycles. The molecule has 1 aliphatic carbocycles. The van der Waals surface area contributed by atoms with Crippen LogP contribution in [0.4, 0.5) is 5.69 Å². The molecule has 1 saturated heterocycles. The second-order valence-electron chi connectivity index (χ2n) is 7.19. The second-order valence-corrected chi connectivity index (χ2v) is 8.03. The zero-order chi connectivity index (χ0) is 19.4. The number of carbonyl (C=O) groups excluding carboxylic acids is 2. The lowest BCUT2D eigenvalue weighted by Crippen LogP contribution is -2.51. The molecule has 27 heavy (non-hydrogen) atoms. The molecular formula is C19H22Cl2N4O2. The number of nitriles is 1. The van der Waals surface area contributed by atoms with Crippen molar-refractivity contribution in [2.75, 3.05) is 18.4 Å². The summed E-state index contributed by atoms with van der Waals surface area (Å²) in [5.41, 5.74) is -0.289. The first kappa shape index (κ1) is 19.9. The van der Waals surface area contributed by atoms with Crippen LogP contribution in [-0.4, -0.2) is 41.4 Å². The van der Waals surface area contributed by atoms with Crippen LogP contribution in [0, 0.1) is 11.3 Å². The summed E-state index contributed by atoms with van der Waals surface area (Å²) in [7, 11) is 0. The number of hydrogen-bond donors (Lipinski definition) is 2. The van der Waals surface area contributed by atoms with Crippen molar-refractivity contribution in [1.82, 2.24) is 10.2 Å². The van der Waals surface area contributed by atoms with E-state index in [1.54, 1.807) is 18.2 Å². The number of benzene rings is 1. The highest BCUT2D eigenvalue weighted by Crippen LogP contribution is 2.29. The van der Waals surface area contributed by atoms with Gasteiger partial charge in [-0.3, -0.25) is 14.5 Å². The molecule has 1 saturated carbocycles. The van der Waals surface area contributed by atoms with Crippen LogP contribution in [0.1, 0.15) is 38.5 Å². The lowest BCUT2D eigenvalue weighted by molar-refractivity contribution is -0.125. The van der Waals surface area contributed by atoms with Crippen molar-refractivity contribution in [3.8, 4) is 6.07 Å². The summed E-state index contributed by atoms with van der Waals surface area (Å²) >= 11 is 12.1. The Kier molecular flexibility index (Phi) is 6.25. The first-order chi connectivity index (χ1) is 12.9. The molecule has 2 amide bonds. The van der Waals surface area contributed by atoms with Gasteiger partial charge in [-0.1, -0.05) is 23.2 Å². The average Bonchev–Trinajstić information content (AvgIpc) is 3.28. The Balaban J connectivity index is 1.61. The number of amides is 2. The third-order valence-corrected chi connectivity index (χ3v) is 5.81. The molecule has 2 N–H and O–H groups in total. The van der Waals surface area contributed by atoms with Crippen LogP contribution >= 0.6 is 23.2 Å². The fourth-order valence-corrected chi connectivity index (χ4v) is 4.19. The van der Waals surface area contributed by atoms with Crippen LogP contribution in [0.25, 0.3) is 0 Å². The van der Waals surface area contributed by atoms with Gasteiger partial charge in [-0.2, -0.15) is 5.26 Å². The van der Waals surface area contributed by atoms with Crippen LogP contribution in [-0.2, 0) is 9.59 Å². The highest BCUT2D eigenvalue weighted by atomic mass is 35.5. The van der Waals surface area contributed by atoms with Gasteiger partial charge in [-0.05, 0) is 63.3 Å². The predicted molar refractivity (Wildman–Crippen MR) is 105 cm³/mol. The van der Waals surface area contributed by atoms with Crippen molar-refractivity contribution in [2.24, 2.45) is 0 Å². The van der Waals surface area contributed by atoms with E-state index in [4.69, 9.17) is 23.2 Å². The number of nitrogens with zero attached hydrogens (tertiary/aromatic N) is 2. The molecule has 8 heteroatoms. The van der Waals surface area contributed by atoms with Gasteiger partial charge in [0.05, 0.1) is 29.4 Å². The number of halogens is 2. The topological polar surface area (TPSA) is 85.2 Å². The molecule has 0 aromatic heterocycles. The Hall–Kier alpha value is -1.81. The third-order valence-electron chi connectivity index (χ3n) is 5.25. The van der Waals surface area contributed by atoms with Gasteiger partial charge in [0.1, 0.15) is 5.54 Å². The molecule has 144 valence electrons. The third kappa shape index (κ3) is 4.73. The fraction of sp³-hybridized carbons (Fsp3) is 0.526. The van der Waals surface area contributed by atoms with Crippen LogP contribution in [0.3, 0.4) is 0 Å². The molecule has 2 fully saturated rings. The van der Waals surface area contributed by atoms with E-state index in [1.165, 1.54) is 0 Å². The van der Waals surface area contributed by atoms with Crippen molar-refractivity contribution in [3.63, 3.8) is 0 Å². The number of nitrogens with one attached hydrogen (secondary N) is 2. The van der Waals surface area contributed by atoms with Crippen LogP contribution in [0.5, 0.6) is 0 Å². The Morgan fingerprint density at radius 3 is 2.70 bits per heavy atom. The lowest BCUT2D eigenvalue weighted by atomic mass is 10.00. The van der Waals surface area contributed by atoms with E-state index >= 15 is 0 Å². The number of rotatable bonds is 5. The fourth-order valence-electron chi connectivity index (χ4n) is 3.86. The van der Waals surface area contributed by atoms with E-state index in [2.05, 4.69) is 16.7 Å². The maximum atomic E-state index is 12.7. The van der Waals surface area contributed by atoms with Gasteiger partial charge < -0.3 is 10.6 Å². The number of likely N-dealkylation sites (tertiary alicyclic amines) is 1. The first-order valence-electron chi connectivity index (χ1n) is 9.15.